The minimum Gasteiger partial charge on any atom is -0.0776 e. The van der Waals surface area contributed by atoms with Gasteiger partial charge in [-0.2, -0.15) is 0 Å². The van der Waals surface area contributed by atoms with Gasteiger partial charge in [0, 0.05) is 0 Å². The maximum Gasteiger partial charge on any atom is -0.0256 e. The number of hydrogen-bond acceptors (Lipinski definition) is 0. The van der Waals surface area contributed by atoms with Crippen LogP contribution in [-0.4, -0.2) is 0 Å². The van der Waals surface area contributed by atoms with Gasteiger partial charge in [-0.25, -0.2) is 0 Å². The van der Waals surface area contributed by atoms with E-state index in [4.69, 9.17) is 0 Å². The van der Waals surface area contributed by atoms with E-state index in [1.807, 2.05) is 0 Å². The molecule has 4 aromatic rings. The summed E-state index contributed by atoms with van der Waals surface area (Å²) in [5.41, 5.74) is 11.3. The molecule has 0 fully saturated rings. The van der Waals surface area contributed by atoms with Crippen LogP contribution in [0.2, 0.25) is 0 Å². The fraction of sp³-hybridized carbons (Fsp3) is 0.500. The number of aryl methyl sites for hydroxylation is 6. The molecule has 0 spiro atoms. The molecule has 4 aromatic carbocycles. The summed E-state index contributed by atoms with van der Waals surface area (Å²) >= 11 is 0. The Kier molecular flexibility index (Phi) is 24.2. The maximum atomic E-state index is 2.29. The van der Waals surface area contributed by atoms with Crippen LogP contribution in [-0.2, 0) is 25.7 Å². The maximum absolute atomic E-state index is 2.29. The molecule has 0 N–H and O–H groups in total. The Morgan fingerprint density at radius 2 is 0.771 bits per heavy atom. The molecule has 0 bridgehead atoms. The van der Waals surface area contributed by atoms with Crippen molar-refractivity contribution in [3.8, 4) is 0 Å². The van der Waals surface area contributed by atoms with Gasteiger partial charge in [0.15, 0.2) is 0 Å². The highest BCUT2D eigenvalue weighted by Crippen LogP contribution is 2.12. The van der Waals surface area contributed by atoms with E-state index >= 15 is 0 Å². The summed E-state index contributed by atoms with van der Waals surface area (Å²) in [6.07, 6.45) is 8.80. The number of rotatable bonds is 11. The molecule has 0 saturated heterocycles. The third-order valence-electron chi connectivity index (χ3n) is 7.99. The molecule has 0 aliphatic rings. The largest absolute Gasteiger partial charge is 0.0776 e. The lowest BCUT2D eigenvalue weighted by Crippen LogP contribution is -1.93. The Balaban J connectivity index is 0.000000611. The standard InChI is InChI=1S/C13H20.C12H18.2C11H16.CH4/c1-11(2)5-4-6-13-9-7-12(3)8-10-13;1-10(2)4-7-12-8-5-11(3)6-9-12;1-9(2)8-11-6-4-10(3)5-7-11;1-9(2)7-11-6-4-5-10(3)8-11;/h7-11H,4-6H2,1-3H3;5-6,8-10H,4,7H2,1-3H3;4-7,9H,8H2,1-3H3;4-6,8-9H,7H2,1-3H3;1H4. The Bertz CT molecular complexity index is 1300. The Morgan fingerprint density at radius 3 is 1.17 bits per heavy atom. The zero-order valence-corrected chi connectivity index (χ0v) is 32.5. The lowest BCUT2D eigenvalue weighted by molar-refractivity contribution is 0.556. The predicted octanol–water partition coefficient (Wildman–Crippen LogP) is 14.6. The molecule has 0 amide bonds. The normalized spacial score (nSPS) is 10.4. The highest BCUT2D eigenvalue weighted by Gasteiger charge is 1.98. The minimum absolute atomic E-state index is 0. The molecule has 0 heterocycles. The quantitative estimate of drug-likeness (QED) is 0.151. The molecule has 0 atom stereocenters. The highest BCUT2D eigenvalue weighted by molar-refractivity contribution is 5.24. The van der Waals surface area contributed by atoms with Crippen LogP contribution < -0.4 is 0 Å². The van der Waals surface area contributed by atoms with E-state index in [1.165, 1.54) is 89.5 Å². The summed E-state index contributed by atoms with van der Waals surface area (Å²) in [6, 6.07) is 35.3. The van der Waals surface area contributed by atoms with E-state index in [1.54, 1.807) is 0 Å². The van der Waals surface area contributed by atoms with Gasteiger partial charge in [0.05, 0.1) is 0 Å². The van der Waals surface area contributed by atoms with Crippen LogP contribution in [0.15, 0.2) is 97.1 Å². The monoisotopic (exact) mass is 651 g/mol. The fourth-order valence-electron chi connectivity index (χ4n) is 5.19. The topological polar surface area (TPSA) is 0 Å². The summed E-state index contributed by atoms with van der Waals surface area (Å²) in [7, 11) is 0. The molecule has 0 aromatic heterocycles. The number of hydrogen-bond donors (Lipinski definition) is 0. The van der Waals surface area contributed by atoms with Crippen molar-refractivity contribution >= 4 is 0 Å². The molecule has 0 heteroatoms. The Morgan fingerprint density at radius 1 is 0.375 bits per heavy atom. The average Bonchev–Trinajstić information content (AvgIpc) is 2.99. The van der Waals surface area contributed by atoms with E-state index in [0.29, 0.717) is 0 Å². The van der Waals surface area contributed by atoms with E-state index in [2.05, 4.69) is 180 Å². The van der Waals surface area contributed by atoms with Crippen molar-refractivity contribution in [2.24, 2.45) is 23.7 Å². The highest BCUT2D eigenvalue weighted by atomic mass is 14.0. The lowest BCUT2D eigenvalue weighted by Gasteiger charge is -2.04. The molecule has 48 heavy (non-hydrogen) atoms. The van der Waals surface area contributed by atoms with Crippen molar-refractivity contribution in [3.05, 3.63) is 142 Å². The van der Waals surface area contributed by atoms with Crippen LogP contribution >= 0.6 is 0 Å². The average molecular weight is 651 g/mol. The SMILES string of the molecule is C.Cc1ccc(CC(C)C)cc1.Cc1ccc(CCC(C)C)cc1.Cc1ccc(CCCC(C)C)cc1.Cc1cccc(CC(C)C)c1. The molecule has 0 nitrogen and oxygen atoms in total. The van der Waals surface area contributed by atoms with Gasteiger partial charge in [-0.1, -0.05) is 189 Å². The second kappa shape index (κ2) is 25.8. The fourth-order valence-corrected chi connectivity index (χ4v) is 5.19. The zero-order valence-electron chi connectivity index (χ0n) is 32.5. The third-order valence-corrected chi connectivity index (χ3v) is 7.99. The first-order valence-electron chi connectivity index (χ1n) is 18.5. The van der Waals surface area contributed by atoms with Crippen molar-refractivity contribution in [2.75, 3.05) is 0 Å². The summed E-state index contributed by atoms with van der Waals surface area (Å²) in [4.78, 5) is 0. The van der Waals surface area contributed by atoms with E-state index in [0.717, 1.165) is 23.7 Å². The van der Waals surface area contributed by atoms with Gasteiger partial charge in [0.2, 0.25) is 0 Å². The van der Waals surface area contributed by atoms with Gasteiger partial charge in [-0.15, -0.1) is 0 Å². The Labute approximate surface area is 299 Å². The first-order chi connectivity index (χ1) is 22.2. The van der Waals surface area contributed by atoms with Crippen LogP contribution in [0.25, 0.3) is 0 Å². The lowest BCUT2D eigenvalue weighted by atomic mass is 10.0. The van der Waals surface area contributed by atoms with Crippen LogP contribution in [0.3, 0.4) is 0 Å². The molecule has 266 valence electrons. The summed E-state index contributed by atoms with van der Waals surface area (Å²) < 4.78 is 0. The van der Waals surface area contributed by atoms with Crippen molar-refractivity contribution in [3.63, 3.8) is 0 Å². The van der Waals surface area contributed by atoms with Crippen LogP contribution in [0.4, 0.5) is 0 Å². The second-order valence-corrected chi connectivity index (χ2v) is 15.4. The minimum atomic E-state index is 0. The third kappa shape index (κ3) is 24.1. The van der Waals surface area contributed by atoms with Crippen LogP contribution in [0, 0.1) is 51.4 Å². The van der Waals surface area contributed by atoms with E-state index in [9.17, 15) is 0 Å². The molecule has 4 rings (SSSR count). The first-order valence-corrected chi connectivity index (χ1v) is 18.5. The second-order valence-electron chi connectivity index (χ2n) is 15.4. The molecule has 0 aliphatic carbocycles. The zero-order chi connectivity index (χ0) is 35.2. The van der Waals surface area contributed by atoms with Gasteiger partial charge in [0.25, 0.3) is 0 Å². The van der Waals surface area contributed by atoms with Gasteiger partial charge < -0.3 is 0 Å². The molecule has 0 unspecified atom stereocenters. The predicted molar refractivity (Wildman–Crippen MR) is 219 cm³/mol. The summed E-state index contributed by atoms with van der Waals surface area (Å²) in [5.74, 6) is 3.17. The van der Waals surface area contributed by atoms with Crippen LogP contribution in [0.1, 0.15) is 127 Å². The van der Waals surface area contributed by atoms with Crippen molar-refractivity contribution in [1.29, 1.82) is 0 Å². The molecule has 0 aliphatic heterocycles. The van der Waals surface area contributed by atoms with Crippen molar-refractivity contribution < 1.29 is 0 Å². The van der Waals surface area contributed by atoms with Crippen molar-refractivity contribution in [2.45, 2.75) is 135 Å². The molecule has 0 saturated carbocycles. The summed E-state index contributed by atoms with van der Waals surface area (Å²) in [6.45, 7) is 26.7. The van der Waals surface area contributed by atoms with Crippen LogP contribution in [0.5, 0.6) is 0 Å². The smallest absolute Gasteiger partial charge is 0.0256 e. The summed E-state index contributed by atoms with van der Waals surface area (Å²) in [5, 5.41) is 0. The molecule has 0 radical (unpaired) electrons. The van der Waals surface area contributed by atoms with Gasteiger partial charge in [-0.3, -0.25) is 0 Å². The van der Waals surface area contributed by atoms with Gasteiger partial charge >= 0.3 is 0 Å². The van der Waals surface area contributed by atoms with Gasteiger partial charge in [-0.05, 0) is 112 Å². The molecular formula is C48H74. The van der Waals surface area contributed by atoms with E-state index in [-0.39, 0.29) is 7.43 Å². The Hall–Kier alpha value is -3.12. The number of benzene rings is 4. The first kappa shape index (κ1) is 44.9. The van der Waals surface area contributed by atoms with E-state index < -0.39 is 0 Å². The van der Waals surface area contributed by atoms with Gasteiger partial charge in [0.1, 0.15) is 0 Å². The van der Waals surface area contributed by atoms with Crippen molar-refractivity contribution in [1.82, 2.24) is 0 Å². The molecular weight excluding hydrogens is 577 g/mol.